The van der Waals surface area contributed by atoms with Crippen molar-refractivity contribution in [3.63, 3.8) is 0 Å². The first-order chi connectivity index (χ1) is 11.0. The Labute approximate surface area is 149 Å². The normalized spacial score (nSPS) is 21.2. The van der Waals surface area contributed by atoms with Crippen LogP contribution < -0.4 is 21.7 Å². The zero-order valence-corrected chi connectivity index (χ0v) is 15.0. The predicted octanol–water partition coefficient (Wildman–Crippen LogP) is 1.77. The summed E-state index contributed by atoms with van der Waals surface area (Å²) in [6.07, 6.45) is 2.03. The Balaban J connectivity index is 0.00000288. The van der Waals surface area contributed by atoms with Crippen LogP contribution in [0.2, 0.25) is 0 Å². The second-order valence-corrected chi connectivity index (χ2v) is 6.27. The molecule has 134 valence electrons. The quantitative estimate of drug-likeness (QED) is 0.648. The van der Waals surface area contributed by atoms with Crippen LogP contribution in [0.25, 0.3) is 0 Å². The summed E-state index contributed by atoms with van der Waals surface area (Å²) in [6.45, 7) is 4.98. The van der Waals surface area contributed by atoms with Gasteiger partial charge in [0, 0.05) is 12.1 Å². The van der Waals surface area contributed by atoms with E-state index < -0.39 is 12.1 Å². The molecule has 0 aromatic heterocycles. The monoisotopic (exact) mass is 354 g/mol. The van der Waals surface area contributed by atoms with Crippen LogP contribution in [0.1, 0.15) is 43.4 Å². The van der Waals surface area contributed by atoms with E-state index in [0.29, 0.717) is 6.04 Å². The lowest BCUT2D eigenvalue weighted by Gasteiger charge is -2.29. The van der Waals surface area contributed by atoms with Crippen molar-refractivity contribution in [1.82, 2.24) is 16.0 Å². The number of nitrogens with two attached hydrogens (primary N) is 1. The molecule has 0 aliphatic carbocycles. The van der Waals surface area contributed by atoms with E-state index in [1.54, 1.807) is 0 Å². The Kier molecular flexibility index (Phi) is 8.01. The van der Waals surface area contributed by atoms with Crippen LogP contribution in [0.15, 0.2) is 24.3 Å². The summed E-state index contributed by atoms with van der Waals surface area (Å²) in [5, 5.41) is 9.11. The Hall–Kier alpha value is -1.79. The summed E-state index contributed by atoms with van der Waals surface area (Å²) in [5.41, 5.74) is 7.21. The Morgan fingerprint density at radius 1 is 1.38 bits per heavy atom. The largest absolute Gasteiger partial charge is 0.353 e. The van der Waals surface area contributed by atoms with Crippen molar-refractivity contribution in [2.24, 2.45) is 5.73 Å². The van der Waals surface area contributed by atoms with Gasteiger partial charge in [0.05, 0.1) is 12.5 Å². The van der Waals surface area contributed by atoms with E-state index in [-0.39, 0.29) is 30.8 Å². The molecule has 0 saturated carbocycles. The van der Waals surface area contributed by atoms with Gasteiger partial charge in [-0.25, -0.2) is 4.79 Å². The molecule has 0 bridgehead atoms. The second-order valence-electron chi connectivity index (χ2n) is 6.27. The third-order valence-corrected chi connectivity index (χ3v) is 4.26. The molecule has 1 aliphatic rings. The molecular weight excluding hydrogens is 328 g/mol. The van der Waals surface area contributed by atoms with Gasteiger partial charge in [0.1, 0.15) is 0 Å². The van der Waals surface area contributed by atoms with Gasteiger partial charge >= 0.3 is 6.03 Å². The highest BCUT2D eigenvalue weighted by Gasteiger charge is 2.23. The van der Waals surface area contributed by atoms with Gasteiger partial charge in [0.25, 0.3) is 0 Å². The summed E-state index contributed by atoms with van der Waals surface area (Å²) in [7, 11) is 0. The molecule has 3 unspecified atom stereocenters. The number of hydrogen-bond acceptors (Lipinski definition) is 3. The van der Waals surface area contributed by atoms with E-state index in [0.717, 1.165) is 30.5 Å². The van der Waals surface area contributed by atoms with Crippen LogP contribution in [0.5, 0.6) is 0 Å². The first-order valence-corrected chi connectivity index (χ1v) is 8.10. The van der Waals surface area contributed by atoms with Crippen molar-refractivity contribution in [1.29, 1.82) is 0 Å². The SMILES string of the molecule is Cc1ccccc1C(CC(=O)NC1CCNC(C)C1)NC(N)=O.Cl. The maximum absolute atomic E-state index is 12.4. The number of amides is 3. The number of carbonyl (C=O) groups is 2. The average Bonchev–Trinajstić information content (AvgIpc) is 2.46. The number of aryl methyl sites for hydroxylation is 1. The van der Waals surface area contributed by atoms with Crippen LogP contribution in [0.4, 0.5) is 4.79 Å². The minimum atomic E-state index is -0.624. The Bertz CT molecular complexity index is 567. The lowest BCUT2D eigenvalue weighted by Crippen LogP contribution is -2.47. The van der Waals surface area contributed by atoms with Crippen LogP contribution in [0, 0.1) is 6.92 Å². The first-order valence-electron chi connectivity index (χ1n) is 8.10. The van der Waals surface area contributed by atoms with Crippen molar-refractivity contribution in [3.05, 3.63) is 35.4 Å². The summed E-state index contributed by atoms with van der Waals surface area (Å²) in [4.78, 5) is 23.7. The number of carbonyl (C=O) groups excluding carboxylic acids is 2. The van der Waals surface area contributed by atoms with E-state index in [1.807, 2.05) is 31.2 Å². The van der Waals surface area contributed by atoms with Crippen molar-refractivity contribution in [2.45, 2.75) is 51.2 Å². The third-order valence-electron chi connectivity index (χ3n) is 4.26. The fraction of sp³-hybridized carbons (Fsp3) is 0.529. The topological polar surface area (TPSA) is 96.2 Å². The zero-order valence-electron chi connectivity index (χ0n) is 14.2. The maximum Gasteiger partial charge on any atom is 0.312 e. The second kappa shape index (κ2) is 9.49. The number of halogens is 1. The molecule has 5 N–H and O–H groups in total. The fourth-order valence-corrected chi connectivity index (χ4v) is 3.12. The lowest BCUT2D eigenvalue weighted by atomic mass is 9.97. The molecule has 24 heavy (non-hydrogen) atoms. The molecule has 1 heterocycles. The molecule has 7 heteroatoms. The van der Waals surface area contributed by atoms with E-state index in [4.69, 9.17) is 5.73 Å². The number of piperidine rings is 1. The van der Waals surface area contributed by atoms with Crippen molar-refractivity contribution in [2.75, 3.05) is 6.54 Å². The summed E-state index contributed by atoms with van der Waals surface area (Å²) < 4.78 is 0. The molecule has 2 rings (SSSR count). The minimum absolute atomic E-state index is 0. The highest BCUT2D eigenvalue weighted by molar-refractivity contribution is 5.85. The summed E-state index contributed by atoms with van der Waals surface area (Å²) in [6, 6.07) is 7.25. The molecule has 1 aromatic rings. The molecule has 6 nitrogen and oxygen atoms in total. The van der Waals surface area contributed by atoms with Crippen molar-refractivity contribution >= 4 is 24.3 Å². The molecule has 3 atom stereocenters. The van der Waals surface area contributed by atoms with Gasteiger partial charge in [-0.15, -0.1) is 12.4 Å². The van der Waals surface area contributed by atoms with E-state index >= 15 is 0 Å². The van der Waals surface area contributed by atoms with Crippen LogP contribution in [-0.2, 0) is 4.79 Å². The highest BCUT2D eigenvalue weighted by Crippen LogP contribution is 2.21. The van der Waals surface area contributed by atoms with Gasteiger partial charge < -0.3 is 21.7 Å². The van der Waals surface area contributed by atoms with Crippen molar-refractivity contribution < 1.29 is 9.59 Å². The Morgan fingerprint density at radius 2 is 2.08 bits per heavy atom. The molecule has 0 spiro atoms. The van der Waals surface area contributed by atoms with E-state index in [2.05, 4.69) is 22.9 Å². The number of rotatable bonds is 5. The van der Waals surface area contributed by atoms with Gasteiger partial charge in [-0.3, -0.25) is 4.79 Å². The number of hydrogen-bond donors (Lipinski definition) is 4. The fourth-order valence-electron chi connectivity index (χ4n) is 3.12. The Morgan fingerprint density at radius 3 is 2.71 bits per heavy atom. The number of primary amides is 1. The van der Waals surface area contributed by atoms with Crippen LogP contribution in [0.3, 0.4) is 0 Å². The van der Waals surface area contributed by atoms with Gasteiger partial charge in [-0.1, -0.05) is 24.3 Å². The van der Waals surface area contributed by atoms with Gasteiger partial charge in [0.15, 0.2) is 0 Å². The molecular formula is C17H27ClN4O2. The van der Waals surface area contributed by atoms with Gasteiger partial charge in [-0.05, 0) is 44.4 Å². The number of benzene rings is 1. The minimum Gasteiger partial charge on any atom is -0.353 e. The average molecular weight is 355 g/mol. The molecule has 1 fully saturated rings. The van der Waals surface area contributed by atoms with Gasteiger partial charge in [-0.2, -0.15) is 0 Å². The molecule has 1 aromatic carbocycles. The van der Waals surface area contributed by atoms with Crippen LogP contribution in [-0.4, -0.2) is 30.6 Å². The van der Waals surface area contributed by atoms with E-state index in [1.165, 1.54) is 0 Å². The highest BCUT2D eigenvalue weighted by atomic mass is 35.5. The smallest absolute Gasteiger partial charge is 0.312 e. The number of urea groups is 1. The maximum atomic E-state index is 12.4. The lowest BCUT2D eigenvalue weighted by molar-refractivity contribution is -0.122. The summed E-state index contributed by atoms with van der Waals surface area (Å²) in [5.74, 6) is -0.0638. The third kappa shape index (κ3) is 6.02. The first kappa shape index (κ1) is 20.3. The predicted molar refractivity (Wildman–Crippen MR) is 97.1 cm³/mol. The summed E-state index contributed by atoms with van der Waals surface area (Å²) >= 11 is 0. The van der Waals surface area contributed by atoms with Crippen molar-refractivity contribution in [3.8, 4) is 0 Å². The standard InChI is InChI=1S/C17H26N4O2.ClH/c1-11-5-3-4-6-14(11)15(21-17(18)23)10-16(22)20-13-7-8-19-12(2)9-13;/h3-6,12-13,15,19H,7-10H2,1-2H3,(H,20,22)(H3,18,21,23);1H. The molecule has 3 amide bonds. The number of nitrogens with one attached hydrogen (secondary N) is 3. The molecule has 1 aliphatic heterocycles. The molecule has 0 radical (unpaired) electrons. The van der Waals surface area contributed by atoms with Gasteiger partial charge in [0.2, 0.25) is 5.91 Å². The van der Waals surface area contributed by atoms with Crippen LogP contribution >= 0.6 is 12.4 Å². The zero-order chi connectivity index (χ0) is 16.8. The van der Waals surface area contributed by atoms with E-state index in [9.17, 15) is 9.59 Å². The molecule has 1 saturated heterocycles.